The van der Waals surface area contributed by atoms with Crippen molar-refractivity contribution in [3.63, 3.8) is 0 Å². The van der Waals surface area contributed by atoms with Crippen molar-refractivity contribution in [3.8, 4) is 5.69 Å². The van der Waals surface area contributed by atoms with Crippen LogP contribution in [0.2, 0.25) is 0 Å². The SMILES string of the molecule is O=c1c(Br)c(C2CCCC2)[nH]n1-c1ccccc1[N+](=O)[O-]. The largest absolute Gasteiger partial charge is 0.294 e. The Bertz CT molecular complexity index is 744. The normalized spacial score (nSPS) is 15.5. The van der Waals surface area contributed by atoms with E-state index >= 15 is 0 Å². The molecule has 21 heavy (non-hydrogen) atoms. The van der Waals surface area contributed by atoms with Gasteiger partial charge in [0.15, 0.2) is 0 Å². The molecule has 0 saturated heterocycles. The van der Waals surface area contributed by atoms with Crippen LogP contribution in [-0.2, 0) is 0 Å². The highest BCUT2D eigenvalue weighted by Crippen LogP contribution is 2.36. The monoisotopic (exact) mass is 351 g/mol. The third kappa shape index (κ3) is 2.42. The summed E-state index contributed by atoms with van der Waals surface area (Å²) in [6.07, 6.45) is 4.37. The summed E-state index contributed by atoms with van der Waals surface area (Å²) in [4.78, 5) is 23.0. The standard InChI is InChI=1S/C14H14BrN3O3/c15-12-13(9-5-1-2-6-9)16-17(14(12)19)10-7-3-4-8-11(10)18(20)21/h3-4,7-9,16H,1-2,5-6H2. The molecule has 1 heterocycles. The molecule has 3 rings (SSSR count). The van der Waals surface area contributed by atoms with E-state index in [9.17, 15) is 14.9 Å². The molecule has 0 aliphatic heterocycles. The number of para-hydroxylation sites is 2. The molecule has 1 aliphatic carbocycles. The number of aromatic nitrogens is 2. The molecule has 1 fully saturated rings. The van der Waals surface area contributed by atoms with Crippen molar-refractivity contribution in [2.75, 3.05) is 0 Å². The molecule has 2 aromatic rings. The van der Waals surface area contributed by atoms with E-state index in [4.69, 9.17) is 0 Å². The van der Waals surface area contributed by atoms with Gasteiger partial charge in [-0.2, -0.15) is 0 Å². The van der Waals surface area contributed by atoms with Gasteiger partial charge < -0.3 is 0 Å². The molecular weight excluding hydrogens is 338 g/mol. The minimum Gasteiger partial charge on any atom is -0.293 e. The lowest BCUT2D eigenvalue weighted by atomic mass is 10.1. The number of nitrogens with zero attached hydrogens (tertiary/aromatic N) is 2. The van der Waals surface area contributed by atoms with E-state index in [0.29, 0.717) is 10.4 Å². The number of H-pyrrole nitrogens is 1. The fraction of sp³-hybridized carbons (Fsp3) is 0.357. The molecule has 1 saturated carbocycles. The summed E-state index contributed by atoms with van der Waals surface area (Å²) < 4.78 is 1.74. The van der Waals surface area contributed by atoms with Crippen molar-refractivity contribution in [1.29, 1.82) is 0 Å². The molecule has 1 aromatic carbocycles. The zero-order valence-electron chi connectivity index (χ0n) is 11.2. The van der Waals surface area contributed by atoms with Crippen LogP contribution in [-0.4, -0.2) is 14.7 Å². The van der Waals surface area contributed by atoms with E-state index < -0.39 is 4.92 Å². The fourth-order valence-corrected chi connectivity index (χ4v) is 3.49. The van der Waals surface area contributed by atoms with Crippen LogP contribution in [0.15, 0.2) is 33.5 Å². The molecule has 0 amide bonds. The molecule has 1 aromatic heterocycles. The third-order valence-electron chi connectivity index (χ3n) is 3.94. The van der Waals surface area contributed by atoms with Gasteiger partial charge in [-0.25, -0.2) is 4.68 Å². The molecular formula is C14H14BrN3O3. The lowest BCUT2D eigenvalue weighted by Gasteiger charge is -2.07. The van der Waals surface area contributed by atoms with Gasteiger partial charge in [-0.15, -0.1) is 0 Å². The number of rotatable bonds is 3. The van der Waals surface area contributed by atoms with E-state index in [1.165, 1.54) is 10.7 Å². The Morgan fingerprint density at radius 3 is 2.62 bits per heavy atom. The maximum atomic E-state index is 12.4. The number of nitro benzene ring substituents is 1. The van der Waals surface area contributed by atoms with E-state index in [1.807, 2.05) is 0 Å². The number of hydrogen-bond acceptors (Lipinski definition) is 3. The van der Waals surface area contributed by atoms with Gasteiger partial charge in [0.2, 0.25) is 0 Å². The average molecular weight is 352 g/mol. The molecule has 0 bridgehead atoms. The van der Waals surface area contributed by atoms with Crippen LogP contribution in [0.5, 0.6) is 0 Å². The molecule has 7 heteroatoms. The molecule has 1 aliphatic rings. The second-order valence-electron chi connectivity index (χ2n) is 5.21. The minimum absolute atomic E-state index is 0.0914. The zero-order valence-corrected chi connectivity index (χ0v) is 12.8. The van der Waals surface area contributed by atoms with Gasteiger partial charge in [0.1, 0.15) is 10.2 Å². The first-order valence-corrected chi connectivity index (χ1v) is 7.63. The minimum atomic E-state index is -0.480. The Balaban J connectivity index is 2.14. The molecule has 110 valence electrons. The van der Waals surface area contributed by atoms with E-state index in [1.54, 1.807) is 18.2 Å². The van der Waals surface area contributed by atoms with Gasteiger partial charge in [-0.3, -0.25) is 20.0 Å². The summed E-state index contributed by atoms with van der Waals surface area (Å²) in [5.74, 6) is 0.316. The first-order chi connectivity index (χ1) is 10.1. The Hall–Kier alpha value is -1.89. The summed E-state index contributed by atoms with van der Waals surface area (Å²) >= 11 is 3.34. The van der Waals surface area contributed by atoms with Gasteiger partial charge in [-0.05, 0) is 34.8 Å². The second-order valence-corrected chi connectivity index (χ2v) is 6.00. The predicted molar refractivity (Wildman–Crippen MR) is 82.0 cm³/mol. The smallest absolute Gasteiger partial charge is 0.293 e. The number of benzene rings is 1. The fourth-order valence-electron chi connectivity index (χ4n) is 2.90. The van der Waals surface area contributed by atoms with Crippen LogP contribution in [0.1, 0.15) is 37.3 Å². The lowest BCUT2D eigenvalue weighted by molar-refractivity contribution is -0.384. The maximum absolute atomic E-state index is 12.4. The number of aromatic amines is 1. The third-order valence-corrected chi connectivity index (χ3v) is 4.71. The molecule has 1 N–H and O–H groups in total. The van der Waals surface area contributed by atoms with Crippen LogP contribution < -0.4 is 5.56 Å². The Morgan fingerprint density at radius 1 is 1.29 bits per heavy atom. The predicted octanol–water partition coefficient (Wildman–Crippen LogP) is 3.49. The van der Waals surface area contributed by atoms with Crippen molar-refractivity contribution >= 4 is 21.6 Å². The van der Waals surface area contributed by atoms with Gasteiger partial charge in [-0.1, -0.05) is 25.0 Å². The second kappa shape index (κ2) is 5.48. The molecule has 6 nitrogen and oxygen atoms in total. The van der Waals surface area contributed by atoms with Crippen LogP contribution in [0.3, 0.4) is 0 Å². The number of hydrogen-bond donors (Lipinski definition) is 1. The summed E-state index contributed by atoms with van der Waals surface area (Å²) in [6.45, 7) is 0. The van der Waals surface area contributed by atoms with Crippen LogP contribution in [0.25, 0.3) is 5.69 Å². The van der Waals surface area contributed by atoms with Crippen LogP contribution >= 0.6 is 15.9 Å². The summed E-state index contributed by atoms with van der Waals surface area (Å²) in [5.41, 5.74) is 0.727. The highest BCUT2D eigenvalue weighted by molar-refractivity contribution is 9.10. The maximum Gasteiger partial charge on any atom is 0.294 e. The summed E-state index contributed by atoms with van der Waals surface area (Å²) in [5, 5.41) is 14.2. The highest BCUT2D eigenvalue weighted by Gasteiger charge is 2.26. The van der Waals surface area contributed by atoms with Gasteiger partial charge in [0, 0.05) is 12.0 Å². The molecule has 0 atom stereocenters. The van der Waals surface area contributed by atoms with E-state index in [-0.39, 0.29) is 16.9 Å². The van der Waals surface area contributed by atoms with E-state index in [2.05, 4.69) is 21.0 Å². The van der Waals surface area contributed by atoms with Gasteiger partial charge >= 0.3 is 0 Å². The first-order valence-electron chi connectivity index (χ1n) is 6.84. The first kappa shape index (κ1) is 14.1. The Morgan fingerprint density at radius 2 is 1.95 bits per heavy atom. The Labute approximate surface area is 129 Å². The van der Waals surface area contributed by atoms with Gasteiger partial charge in [0.25, 0.3) is 11.2 Å². The topological polar surface area (TPSA) is 80.9 Å². The lowest BCUT2D eigenvalue weighted by Crippen LogP contribution is -2.16. The van der Waals surface area contributed by atoms with Crippen LogP contribution in [0.4, 0.5) is 5.69 Å². The average Bonchev–Trinajstić information content (AvgIpc) is 3.09. The van der Waals surface area contributed by atoms with Crippen molar-refractivity contribution < 1.29 is 4.92 Å². The van der Waals surface area contributed by atoms with Crippen LogP contribution in [0, 0.1) is 10.1 Å². The van der Waals surface area contributed by atoms with E-state index in [0.717, 1.165) is 31.4 Å². The van der Waals surface area contributed by atoms with Crippen molar-refractivity contribution in [1.82, 2.24) is 9.78 Å². The van der Waals surface area contributed by atoms with Gasteiger partial charge in [0.05, 0.1) is 10.6 Å². The summed E-state index contributed by atoms with van der Waals surface area (Å²) in [6, 6.07) is 6.23. The number of nitro groups is 1. The Kier molecular flexibility index (Phi) is 3.67. The quantitative estimate of drug-likeness (QED) is 0.678. The summed E-state index contributed by atoms with van der Waals surface area (Å²) in [7, 11) is 0. The molecule has 0 radical (unpaired) electrons. The molecule has 0 spiro atoms. The number of halogens is 1. The highest BCUT2D eigenvalue weighted by atomic mass is 79.9. The van der Waals surface area contributed by atoms with Crippen molar-refractivity contribution in [2.24, 2.45) is 0 Å². The number of nitrogens with one attached hydrogen (secondary N) is 1. The molecule has 0 unspecified atom stereocenters. The zero-order chi connectivity index (χ0) is 15.0. The van der Waals surface area contributed by atoms with Crippen molar-refractivity contribution in [2.45, 2.75) is 31.6 Å². The van der Waals surface area contributed by atoms with Crippen molar-refractivity contribution in [3.05, 3.63) is 54.9 Å².